The number of aryl methyl sites for hydroxylation is 1. The van der Waals surface area contributed by atoms with Crippen molar-refractivity contribution in [2.45, 2.75) is 38.9 Å². The van der Waals surface area contributed by atoms with Crippen LogP contribution in [-0.4, -0.2) is 0 Å². The Hall–Kier alpha value is -1.33. The minimum Gasteiger partial charge on any atom is -0.323 e. The zero-order valence-electron chi connectivity index (χ0n) is 12.0. The van der Waals surface area contributed by atoms with E-state index in [9.17, 15) is 13.2 Å². The number of hydrogen-bond acceptors (Lipinski definition) is 2. The maximum atomic E-state index is 12.8. The topological polar surface area (TPSA) is 26.0 Å². The second-order valence-electron chi connectivity index (χ2n) is 5.12. The summed E-state index contributed by atoms with van der Waals surface area (Å²) < 4.78 is 38.5. The first-order valence-corrected chi connectivity index (χ1v) is 7.68. The highest BCUT2D eigenvalue weighted by atomic mass is 32.1. The Labute approximate surface area is 126 Å². The van der Waals surface area contributed by atoms with Crippen molar-refractivity contribution >= 4 is 11.3 Å². The minimum absolute atomic E-state index is 0.0418. The summed E-state index contributed by atoms with van der Waals surface area (Å²) in [6, 6.07) is 7.59. The molecule has 0 spiro atoms. The molecule has 2 N–H and O–H groups in total. The maximum absolute atomic E-state index is 12.8. The molecule has 0 radical (unpaired) electrons. The highest BCUT2D eigenvalue weighted by molar-refractivity contribution is 7.15. The monoisotopic (exact) mass is 313 g/mol. The molecule has 1 unspecified atom stereocenters. The lowest BCUT2D eigenvalue weighted by Crippen LogP contribution is -2.07. The smallest absolute Gasteiger partial charge is 0.323 e. The molecule has 1 heterocycles. The average Bonchev–Trinajstić information content (AvgIpc) is 2.87. The molecule has 1 aromatic carbocycles. The summed E-state index contributed by atoms with van der Waals surface area (Å²) in [6.07, 6.45) is -2.46. The molecule has 0 amide bonds. The molecule has 0 aliphatic carbocycles. The van der Waals surface area contributed by atoms with Crippen molar-refractivity contribution in [3.63, 3.8) is 0 Å². The number of benzene rings is 1. The summed E-state index contributed by atoms with van der Waals surface area (Å²) in [5, 5.41) is 0. The van der Waals surface area contributed by atoms with Crippen LogP contribution in [0.25, 0.3) is 10.4 Å². The molecule has 1 nitrogen and oxygen atoms in total. The first-order chi connectivity index (χ1) is 9.82. The van der Waals surface area contributed by atoms with Gasteiger partial charge >= 0.3 is 6.18 Å². The maximum Gasteiger partial charge on any atom is 0.416 e. The molecule has 114 valence electrons. The largest absolute Gasteiger partial charge is 0.416 e. The summed E-state index contributed by atoms with van der Waals surface area (Å²) in [6.45, 7) is 3.88. The third-order valence-corrected chi connectivity index (χ3v) is 4.67. The van der Waals surface area contributed by atoms with Crippen LogP contribution in [-0.2, 0) is 6.18 Å². The predicted octanol–water partition coefficient (Wildman–Crippen LogP) is 5.54. The zero-order valence-corrected chi connectivity index (χ0v) is 12.8. The summed E-state index contributed by atoms with van der Waals surface area (Å²) >= 11 is 1.48. The van der Waals surface area contributed by atoms with E-state index in [2.05, 4.69) is 6.92 Å². The number of halogens is 3. The van der Waals surface area contributed by atoms with Crippen LogP contribution in [0.5, 0.6) is 0 Å². The highest BCUT2D eigenvalue weighted by Gasteiger charge is 2.31. The fourth-order valence-corrected chi connectivity index (χ4v) is 3.34. The van der Waals surface area contributed by atoms with Crippen molar-refractivity contribution in [2.75, 3.05) is 0 Å². The van der Waals surface area contributed by atoms with Crippen molar-refractivity contribution in [2.24, 2.45) is 5.73 Å². The molecule has 0 saturated heterocycles. The van der Waals surface area contributed by atoms with Crippen molar-refractivity contribution in [3.05, 3.63) is 46.3 Å². The molecule has 0 fully saturated rings. The van der Waals surface area contributed by atoms with Crippen LogP contribution < -0.4 is 5.73 Å². The lowest BCUT2D eigenvalue weighted by Gasteiger charge is -2.10. The summed E-state index contributed by atoms with van der Waals surface area (Å²) in [5.41, 5.74) is 6.91. The Bertz CT molecular complexity index is 616. The molecule has 21 heavy (non-hydrogen) atoms. The number of rotatable bonds is 4. The molecule has 2 rings (SSSR count). The zero-order chi connectivity index (χ0) is 15.6. The van der Waals surface area contributed by atoms with Crippen molar-refractivity contribution in [3.8, 4) is 10.4 Å². The molecular formula is C16H18F3NS. The van der Waals surface area contributed by atoms with Gasteiger partial charge in [-0.2, -0.15) is 13.2 Å². The van der Waals surface area contributed by atoms with E-state index in [0.29, 0.717) is 5.56 Å². The van der Waals surface area contributed by atoms with Gasteiger partial charge in [0.15, 0.2) is 0 Å². The normalized spacial score (nSPS) is 13.4. The molecular weight excluding hydrogens is 295 g/mol. The van der Waals surface area contributed by atoms with Crippen molar-refractivity contribution in [1.82, 2.24) is 0 Å². The van der Waals surface area contributed by atoms with E-state index in [1.165, 1.54) is 23.5 Å². The van der Waals surface area contributed by atoms with Gasteiger partial charge in [-0.25, -0.2) is 0 Å². The van der Waals surface area contributed by atoms with Gasteiger partial charge in [0.1, 0.15) is 0 Å². The Morgan fingerprint density at radius 3 is 2.52 bits per heavy atom. The van der Waals surface area contributed by atoms with Crippen LogP contribution in [0.15, 0.2) is 30.3 Å². The van der Waals surface area contributed by atoms with Crippen LogP contribution in [0.1, 0.15) is 41.8 Å². The van der Waals surface area contributed by atoms with E-state index >= 15 is 0 Å². The van der Waals surface area contributed by atoms with Gasteiger partial charge in [0, 0.05) is 15.8 Å². The number of nitrogens with two attached hydrogens (primary N) is 1. The lowest BCUT2D eigenvalue weighted by molar-refractivity contribution is -0.137. The fraction of sp³-hybridized carbons (Fsp3) is 0.375. The van der Waals surface area contributed by atoms with Gasteiger partial charge in [0.25, 0.3) is 0 Å². The summed E-state index contributed by atoms with van der Waals surface area (Å²) in [4.78, 5) is 1.85. The quantitative estimate of drug-likeness (QED) is 0.787. The second-order valence-corrected chi connectivity index (χ2v) is 6.24. The van der Waals surface area contributed by atoms with Crippen LogP contribution >= 0.6 is 11.3 Å². The Kier molecular flexibility index (Phi) is 4.74. The van der Waals surface area contributed by atoms with E-state index in [0.717, 1.165) is 34.2 Å². The van der Waals surface area contributed by atoms with Gasteiger partial charge in [0.05, 0.1) is 5.56 Å². The van der Waals surface area contributed by atoms with Gasteiger partial charge in [-0.1, -0.05) is 19.4 Å². The van der Waals surface area contributed by atoms with Crippen LogP contribution in [0.2, 0.25) is 0 Å². The second kappa shape index (κ2) is 6.20. The van der Waals surface area contributed by atoms with E-state index < -0.39 is 11.7 Å². The lowest BCUT2D eigenvalue weighted by atomic mass is 10.0. The molecule has 0 aliphatic rings. The minimum atomic E-state index is -4.32. The third kappa shape index (κ3) is 3.66. The summed E-state index contributed by atoms with van der Waals surface area (Å²) in [7, 11) is 0. The fourth-order valence-electron chi connectivity index (χ4n) is 2.21. The van der Waals surface area contributed by atoms with Crippen molar-refractivity contribution in [1.29, 1.82) is 0 Å². The van der Waals surface area contributed by atoms with Gasteiger partial charge in [-0.3, -0.25) is 0 Å². The SMILES string of the molecule is CCCC(N)c1ccc(-c2cc(C(F)(F)F)ccc2C)s1. The Balaban J connectivity index is 2.38. The van der Waals surface area contributed by atoms with Gasteiger partial charge in [0.2, 0.25) is 0 Å². The Morgan fingerprint density at radius 2 is 1.90 bits per heavy atom. The van der Waals surface area contributed by atoms with Gasteiger partial charge < -0.3 is 5.73 Å². The summed E-state index contributed by atoms with van der Waals surface area (Å²) in [5.74, 6) is 0. The average molecular weight is 313 g/mol. The van der Waals surface area contributed by atoms with Crippen LogP contribution in [0, 0.1) is 6.92 Å². The first kappa shape index (κ1) is 16.0. The molecule has 2 aromatic rings. The van der Waals surface area contributed by atoms with Gasteiger partial charge in [-0.05, 0) is 48.7 Å². The van der Waals surface area contributed by atoms with E-state index in [1.54, 1.807) is 0 Å². The van der Waals surface area contributed by atoms with Crippen LogP contribution in [0.4, 0.5) is 13.2 Å². The van der Waals surface area contributed by atoms with E-state index in [4.69, 9.17) is 5.73 Å². The number of alkyl halides is 3. The van der Waals surface area contributed by atoms with E-state index in [-0.39, 0.29) is 6.04 Å². The molecule has 0 bridgehead atoms. The Morgan fingerprint density at radius 1 is 1.19 bits per heavy atom. The van der Waals surface area contributed by atoms with Crippen LogP contribution in [0.3, 0.4) is 0 Å². The number of thiophene rings is 1. The van der Waals surface area contributed by atoms with Crippen molar-refractivity contribution < 1.29 is 13.2 Å². The molecule has 5 heteroatoms. The highest BCUT2D eigenvalue weighted by Crippen LogP contribution is 2.37. The first-order valence-electron chi connectivity index (χ1n) is 6.86. The predicted molar refractivity (Wildman–Crippen MR) is 81.3 cm³/mol. The molecule has 0 aliphatic heterocycles. The molecule has 0 saturated carbocycles. The number of hydrogen-bond donors (Lipinski definition) is 1. The standard InChI is InChI=1S/C16H18F3NS/c1-3-4-13(20)15-8-7-14(21-15)12-9-11(16(17,18)19)6-5-10(12)2/h5-9,13H,3-4,20H2,1-2H3. The van der Waals surface area contributed by atoms with Gasteiger partial charge in [-0.15, -0.1) is 11.3 Å². The molecule has 1 aromatic heterocycles. The third-order valence-electron chi connectivity index (χ3n) is 3.42. The van der Waals surface area contributed by atoms with E-state index in [1.807, 2.05) is 19.1 Å². The molecule has 1 atom stereocenters.